The highest BCUT2D eigenvalue weighted by Crippen LogP contribution is 2.35. The van der Waals surface area contributed by atoms with Gasteiger partial charge in [0.2, 0.25) is 5.91 Å². The number of fused-ring (bicyclic) bond motifs is 1. The summed E-state index contributed by atoms with van der Waals surface area (Å²) in [6.45, 7) is 1.10. The molecule has 0 spiro atoms. The van der Waals surface area contributed by atoms with Crippen molar-refractivity contribution in [3.05, 3.63) is 29.8 Å². The van der Waals surface area contributed by atoms with E-state index in [1.807, 2.05) is 18.2 Å². The quantitative estimate of drug-likeness (QED) is 0.818. The van der Waals surface area contributed by atoms with Crippen LogP contribution in [0.1, 0.15) is 37.2 Å². The van der Waals surface area contributed by atoms with Crippen molar-refractivity contribution in [3.8, 4) is 0 Å². The molecule has 1 fully saturated rings. The van der Waals surface area contributed by atoms with E-state index in [0.29, 0.717) is 6.04 Å². The first kappa shape index (κ1) is 10.8. The Morgan fingerprint density at radius 3 is 2.94 bits per heavy atom. The smallest absolute Gasteiger partial charge is 0.232 e. The molecule has 1 aromatic rings. The van der Waals surface area contributed by atoms with Crippen LogP contribution in [-0.4, -0.2) is 18.5 Å². The van der Waals surface area contributed by atoms with Gasteiger partial charge in [0.05, 0.1) is 5.92 Å². The molecule has 3 nitrogen and oxygen atoms in total. The van der Waals surface area contributed by atoms with Gasteiger partial charge in [-0.05, 0) is 37.4 Å². The van der Waals surface area contributed by atoms with Crippen LogP contribution in [0, 0.1) is 0 Å². The molecule has 0 aromatic heterocycles. The minimum absolute atomic E-state index is 0.0433. The Labute approximate surface area is 102 Å². The van der Waals surface area contributed by atoms with E-state index in [0.717, 1.165) is 18.7 Å². The summed E-state index contributed by atoms with van der Waals surface area (Å²) in [4.78, 5) is 12.0. The molecule has 2 atom stereocenters. The fraction of sp³-hybridized carbons (Fsp3) is 0.500. The van der Waals surface area contributed by atoms with Crippen LogP contribution in [0.15, 0.2) is 24.3 Å². The molecule has 2 heterocycles. The van der Waals surface area contributed by atoms with Crippen LogP contribution in [-0.2, 0) is 4.79 Å². The number of hydrogen-bond acceptors (Lipinski definition) is 2. The zero-order valence-electron chi connectivity index (χ0n) is 9.91. The molecule has 1 amide bonds. The predicted octanol–water partition coefficient (Wildman–Crippen LogP) is 2.25. The van der Waals surface area contributed by atoms with Gasteiger partial charge in [-0.3, -0.25) is 4.79 Å². The van der Waals surface area contributed by atoms with Crippen molar-refractivity contribution in [2.24, 2.45) is 0 Å². The second kappa shape index (κ2) is 4.49. The van der Waals surface area contributed by atoms with Gasteiger partial charge < -0.3 is 10.6 Å². The Morgan fingerprint density at radius 1 is 1.24 bits per heavy atom. The maximum Gasteiger partial charge on any atom is 0.232 e. The Bertz CT molecular complexity index is 424. The summed E-state index contributed by atoms with van der Waals surface area (Å²) in [5.74, 6) is 0.209. The zero-order chi connectivity index (χ0) is 11.7. The number of amides is 1. The predicted molar refractivity (Wildman–Crippen MR) is 68.1 cm³/mol. The van der Waals surface area contributed by atoms with E-state index in [4.69, 9.17) is 0 Å². The SMILES string of the molecule is O=C1Nc2ccccc2[C@@H]1C[C@H]1CCCCN1. The van der Waals surface area contributed by atoms with Crippen LogP contribution in [0.2, 0.25) is 0 Å². The fourth-order valence-electron chi connectivity index (χ4n) is 2.92. The van der Waals surface area contributed by atoms with Gasteiger partial charge in [-0.1, -0.05) is 24.6 Å². The number of hydrogen-bond donors (Lipinski definition) is 2. The summed E-state index contributed by atoms with van der Waals surface area (Å²) in [6.07, 6.45) is 4.69. The highest BCUT2D eigenvalue weighted by Gasteiger charge is 2.32. The topological polar surface area (TPSA) is 41.1 Å². The first-order chi connectivity index (χ1) is 8.34. The molecule has 90 valence electrons. The first-order valence-corrected chi connectivity index (χ1v) is 6.48. The highest BCUT2D eigenvalue weighted by molar-refractivity contribution is 6.02. The number of piperidine rings is 1. The number of rotatable bonds is 2. The molecule has 2 aliphatic rings. The van der Waals surface area contributed by atoms with Crippen molar-refractivity contribution in [2.45, 2.75) is 37.6 Å². The van der Waals surface area contributed by atoms with Gasteiger partial charge in [-0.2, -0.15) is 0 Å². The van der Waals surface area contributed by atoms with Gasteiger partial charge >= 0.3 is 0 Å². The fourth-order valence-corrected chi connectivity index (χ4v) is 2.92. The molecule has 0 bridgehead atoms. The van der Waals surface area contributed by atoms with Crippen LogP contribution in [0.5, 0.6) is 0 Å². The average Bonchev–Trinajstić information content (AvgIpc) is 2.68. The third-order valence-electron chi connectivity index (χ3n) is 3.84. The molecule has 2 aliphatic heterocycles. The van der Waals surface area contributed by atoms with Gasteiger partial charge in [0, 0.05) is 11.7 Å². The number of benzene rings is 1. The molecule has 3 heteroatoms. The molecule has 2 N–H and O–H groups in total. The van der Waals surface area contributed by atoms with Crippen LogP contribution in [0.25, 0.3) is 0 Å². The van der Waals surface area contributed by atoms with Gasteiger partial charge in [-0.15, -0.1) is 0 Å². The third-order valence-corrected chi connectivity index (χ3v) is 3.84. The van der Waals surface area contributed by atoms with Gasteiger partial charge in [0.15, 0.2) is 0 Å². The summed E-state index contributed by atoms with van der Waals surface area (Å²) >= 11 is 0. The molecule has 0 unspecified atom stereocenters. The molecule has 0 radical (unpaired) electrons. The molecular formula is C14H18N2O. The third kappa shape index (κ3) is 2.07. The number of carbonyl (C=O) groups is 1. The minimum atomic E-state index is 0.0433. The van der Waals surface area contributed by atoms with E-state index in [1.54, 1.807) is 0 Å². The van der Waals surface area contributed by atoms with Crippen molar-refractivity contribution in [3.63, 3.8) is 0 Å². The molecule has 3 rings (SSSR count). The van der Waals surface area contributed by atoms with Crippen LogP contribution < -0.4 is 10.6 Å². The Kier molecular flexibility index (Phi) is 2.85. The first-order valence-electron chi connectivity index (χ1n) is 6.48. The van der Waals surface area contributed by atoms with E-state index in [1.165, 1.54) is 24.8 Å². The number of carbonyl (C=O) groups excluding carboxylic acids is 1. The van der Waals surface area contributed by atoms with Crippen LogP contribution in [0.3, 0.4) is 0 Å². The van der Waals surface area contributed by atoms with E-state index >= 15 is 0 Å². The molecule has 0 aliphatic carbocycles. The van der Waals surface area contributed by atoms with Crippen molar-refractivity contribution in [1.29, 1.82) is 0 Å². The molecular weight excluding hydrogens is 212 g/mol. The largest absolute Gasteiger partial charge is 0.325 e. The summed E-state index contributed by atoms with van der Waals surface area (Å²) in [6, 6.07) is 8.55. The number of anilines is 1. The van der Waals surface area contributed by atoms with Gasteiger partial charge in [-0.25, -0.2) is 0 Å². The molecule has 1 saturated heterocycles. The lowest BCUT2D eigenvalue weighted by Gasteiger charge is -2.25. The van der Waals surface area contributed by atoms with Gasteiger partial charge in [0.1, 0.15) is 0 Å². The van der Waals surface area contributed by atoms with E-state index in [2.05, 4.69) is 16.7 Å². The second-order valence-corrected chi connectivity index (χ2v) is 5.01. The van der Waals surface area contributed by atoms with Crippen LogP contribution in [0.4, 0.5) is 5.69 Å². The molecule has 0 saturated carbocycles. The summed E-state index contributed by atoms with van der Waals surface area (Å²) < 4.78 is 0. The molecule has 1 aromatic carbocycles. The highest BCUT2D eigenvalue weighted by atomic mass is 16.2. The van der Waals surface area contributed by atoms with E-state index in [9.17, 15) is 4.79 Å². The van der Waals surface area contributed by atoms with Gasteiger partial charge in [0.25, 0.3) is 0 Å². The zero-order valence-corrected chi connectivity index (χ0v) is 9.91. The summed E-state index contributed by atoms with van der Waals surface area (Å²) in [5, 5.41) is 6.49. The Balaban J connectivity index is 1.76. The average molecular weight is 230 g/mol. The lowest BCUT2D eigenvalue weighted by Crippen LogP contribution is -2.36. The van der Waals surface area contributed by atoms with E-state index < -0.39 is 0 Å². The number of nitrogens with one attached hydrogen (secondary N) is 2. The van der Waals surface area contributed by atoms with Crippen molar-refractivity contribution in [1.82, 2.24) is 5.32 Å². The van der Waals surface area contributed by atoms with Crippen molar-refractivity contribution < 1.29 is 4.79 Å². The lowest BCUT2D eigenvalue weighted by molar-refractivity contribution is -0.117. The number of para-hydroxylation sites is 1. The maximum atomic E-state index is 12.0. The van der Waals surface area contributed by atoms with E-state index in [-0.39, 0.29) is 11.8 Å². The lowest BCUT2D eigenvalue weighted by atomic mass is 9.90. The molecule has 17 heavy (non-hydrogen) atoms. The van der Waals surface area contributed by atoms with Crippen molar-refractivity contribution in [2.75, 3.05) is 11.9 Å². The monoisotopic (exact) mass is 230 g/mol. The Morgan fingerprint density at radius 2 is 2.12 bits per heavy atom. The van der Waals surface area contributed by atoms with Crippen LogP contribution >= 0.6 is 0 Å². The Hall–Kier alpha value is -1.35. The second-order valence-electron chi connectivity index (χ2n) is 5.01. The standard InChI is InChI=1S/C14H18N2O/c17-14-12(9-10-5-3-4-8-15-10)11-6-1-2-7-13(11)16-14/h1-2,6-7,10,12,15H,3-5,8-9H2,(H,16,17)/t10-,12+/m1/s1. The normalized spacial score (nSPS) is 27.6. The summed E-state index contributed by atoms with van der Waals surface area (Å²) in [7, 11) is 0. The maximum absolute atomic E-state index is 12.0. The van der Waals surface area contributed by atoms with Crippen molar-refractivity contribution >= 4 is 11.6 Å². The summed E-state index contributed by atoms with van der Waals surface area (Å²) in [5.41, 5.74) is 2.17. The minimum Gasteiger partial charge on any atom is -0.325 e.